The Morgan fingerprint density at radius 2 is 1.57 bits per heavy atom. The first-order chi connectivity index (χ1) is 11.2. The summed E-state index contributed by atoms with van der Waals surface area (Å²) in [6.45, 7) is 3.94. The smallest absolute Gasteiger partial charge is 0.196 e. The van der Waals surface area contributed by atoms with E-state index < -0.39 is 0 Å². The molecule has 1 aliphatic rings. The van der Waals surface area contributed by atoms with Crippen LogP contribution in [0.3, 0.4) is 0 Å². The fraction of sp³-hybridized carbons (Fsp3) is 0.263. The molecule has 23 heavy (non-hydrogen) atoms. The molecule has 1 aliphatic carbocycles. The van der Waals surface area contributed by atoms with Gasteiger partial charge in [0.15, 0.2) is 11.6 Å². The van der Waals surface area contributed by atoms with Crippen molar-refractivity contribution >= 4 is 17.3 Å². The Bertz CT molecular complexity index is 752. The first-order valence-electron chi connectivity index (χ1n) is 7.87. The third-order valence-electron chi connectivity index (χ3n) is 3.86. The van der Waals surface area contributed by atoms with Crippen LogP contribution in [0.5, 0.6) is 0 Å². The van der Waals surface area contributed by atoms with E-state index in [4.69, 9.17) is 4.74 Å². The molecule has 2 aromatic rings. The highest BCUT2D eigenvalue weighted by Crippen LogP contribution is 2.31. The lowest BCUT2D eigenvalue weighted by Gasteiger charge is -2.20. The van der Waals surface area contributed by atoms with Crippen molar-refractivity contribution in [2.75, 3.05) is 25.1 Å². The summed E-state index contributed by atoms with van der Waals surface area (Å²) in [4.78, 5) is 25.4. The molecule has 2 aromatic carbocycles. The second-order valence-electron chi connectivity index (χ2n) is 5.47. The first-order valence-corrected chi connectivity index (χ1v) is 7.87. The molecule has 0 spiro atoms. The SMILES string of the molecule is CCCOCCNc1cccc2c1C(=O)c1ccccc1C2=O. The Balaban J connectivity index is 1.88. The van der Waals surface area contributed by atoms with Crippen molar-refractivity contribution in [3.63, 3.8) is 0 Å². The van der Waals surface area contributed by atoms with E-state index in [1.165, 1.54) is 0 Å². The summed E-state index contributed by atoms with van der Waals surface area (Å²) in [5.41, 5.74) is 2.57. The minimum atomic E-state index is -0.104. The van der Waals surface area contributed by atoms with Crippen molar-refractivity contribution in [1.82, 2.24) is 0 Å². The summed E-state index contributed by atoms with van der Waals surface area (Å²) in [6.07, 6.45) is 0.977. The lowest BCUT2D eigenvalue weighted by Crippen LogP contribution is -2.23. The highest BCUT2D eigenvalue weighted by molar-refractivity contribution is 6.30. The number of hydrogen-bond acceptors (Lipinski definition) is 4. The Hall–Kier alpha value is -2.46. The molecule has 0 heterocycles. The number of ketones is 2. The number of anilines is 1. The van der Waals surface area contributed by atoms with Crippen LogP contribution >= 0.6 is 0 Å². The highest BCUT2D eigenvalue weighted by atomic mass is 16.5. The molecule has 4 heteroatoms. The van der Waals surface area contributed by atoms with Crippen LogP contribution in [0, 0.1) is 0 Å². The first kappa shape index (κ1) is 15.4. The van der Waals surface area contributed by atoms with Crippen LogP contribution in [0.25, 0.3) is 0 Å². The quantitative estimate of drug-likeness (QED) is 0.710. The zero-order chi connectivity index (χ0) is 16.2. The monoisotopic (exact) mass is 309 g/mol. The molecule has 4 nitrogen and oxygen atoms in total. The molecule has 0 aromatic heterocycles. The van der Waals surface area contributed by atoms with Gasteiger partial charge in [0.25, 0.3) is 0 Å². The average molecular weight is 309 g/mol. The predicted octanol–water partition coefficient (Wildman–Crippen LogP) is 3.30. The second-order valence-corrected chi connectivity index (χ2v) is 5.47. The Kier molecular flexibility index (Phi) is 4.53. The maximum Gasteiger partial charge on any atom is 0.196 e. The maximum absolute atomic E-state index is 12.8. The maximum atomic E-state index is 12.8. The highest BCUT2D eigenvalue weighted by Gasteiger charge is 2.31. The molecule has 3 rings (SSSR count). The molecule has 118 valence electrons. The Morgan fingerprint density at radius 1 is 0.870 bits per heavy atom. The topological polar surface area (TPSA) is 55.4 Å². The fourth-order valence-corrected chi connectivity index (χ4v) is 2.80. The zero-order valence-electron chi connectivity index (χ0n) is 13.1. The number of rotatable bonds is 6. The molecule has 0 amide bonds. The number of hydrogen-bond donors (Lipinski definition) is 1. The summed E-state index contributed by atoms with van der Waals surface area (Å²) in [5, 5.41) is 3.22. The molecule has 0 unspecified atom stereocenters. The Labute approximate surface area is 135 Å². The summed E-state index contributed by atoms with van der Waals surface area (Å²) in [6, 6.07) is 12.3. The van der Waals surface area contributed by atoms with Gasteiger partial charge in [-0.3, -0.25) is 9.59 Å². The molecule has 0 bridgehead atoms. The number of fused-ring (bicyclic) bond motifs is 2. The van der Waals surface area contributed by atoms with Crippen molar-refractivity contribution in [3.05, 3.63) is 64.7 Å². The van der Waals surface area contributed by atoms with Crippen LogP contribution in [0.4, 0.5) is 5.69 Å². The third-order valence-corrected chi connectivity index (χ3v) is 3.86. The fourth-order valence-electron chi connectivity index (χ4n) is 2.80. The van der Waals surface area contributed by atoms with E-state index in [9.17, 15) is 9.59 Å². The standard InChI is InChI=1S/C19H19NO3/c1-2-11-23-12-10-20-16-9-5-8-15-17(16)19(22)14-7-4-3-6-13(14)18(15)21/h3-9,20H,2,10-12H2,1H3. The normalized spacial score (nSPS) is 12.7. The zero-order valence-corrected chi connectivity index (χ0v) is 13.1. The van der Waals surface area contributed by atoms with Gasteiger partial charge in [-0.05, 0) is 12.5 Å². The third kappa shape index (κ3) is 2.90. The second kappa shape index (κ2) is 6.75. The van der Waals surface area contributed by atoms with E-state index in [1.54, 1.807) is 36.4 Å². The molecule has 0 radical (unpaired) electrons. The van der Waals surface area contributed by atoms with Crippen molar-refractivity contribution in [2.45, 2.75) is 13.3 Å². The van der Waals surface area contributed by atoms with Crippen LogP contribution in [0.15, 0.2) is 42.5 Å². The van der Waals surface area contributed by atoms with Crippen LogP contribution in [-0.2, 0) is 4.74 Å². The van der Waals surface area contributed by atoms with Crippen LogP contribution < -0.4 is 5.32 Å². The Morgan fingerprint density at radius 3 is 2.30 bits per heavy atom. The van der Waals surface area contributed by atoms with Gasteiger partial charge >= 0.3 is 0 Å². The van der Waals surface area contributed by atoms with Gasteiger partial charge in [-0.2, -0.15) is 0 Å². The van der Waals surface area contributed by atoms with Crippen molar-refractivity contribution in [2.24, 2.45) is 0 Å². The summed E-state index contributed by atoms with van der Waals surface area (Å²) < 4.78 is 5.44. The average Bonchev–Trinajstić information content (AvgIpc) is 2.59. The van der Waals surface area contributed by atoms with Gasteiger partial charge in [-0.15, -0.1) is 0 Å². The van der Waals surface area contributed by atoms with E-state index in [1.807, 2.05) is 6.07 Å². The number of benzene rings is 2. The van der Waals surface area contributed by atoms with Gasteiger partial charge in [0.2, 0.25) is 0 Å². The van der Waals surface area contributed by atoms with E-state index in [0.717, 1.165) is 13.0 Å². The van der Waals surface area contributed by atoms with Gasteiger partial charge in [-0.25, -0.2) is 0 Å². The molecule has 1 N–H and O–H groups in total. The van der Waals surface area contributed by atoms with Crippen molar-refractivity contribution < 1.29 is 14.3 Å². The van der Waals surface area contributed by atoms with Gasteiger partial charge in [-0.1, -0.05) is 43.3 Å². The van der Waals surface area contributed by atoms with E-state index >= 15 is 0 Å². The number of carbonyl (C=O) groups is 2. The van der Waals surface area contributed by atoms with Crippen molar-refractivity contribution in [3.8, 4) is 0 Å². The van der Waals surface area contributed by atoms with E-state index in [0.29, 0.717) is 41.1 Å². The molecule has 0 aliphatic heterocycles. The van der Waals surface area contributed by atoms with E-state index in [2.05, 4.69) is 12.2 Å². The molecule has 0 saturated heterocycles. The molecule has 0 saturated carbocycles. The van der Waals surface area contributed by atoms with Crippen LogP contribution in [-0.4, -0.2) is 31.3 Å². The van der Waals surface area contributed by atoms with Crippen LogP contribution in [0.1, 0.15) is 45.2 Å². The minimum Gasteiger partial charge on any atom is -0.382 e. The lowest BCUT2D eigenvalue weighted by molar-refractivity contribution is 0.0979. The minimum absolute atomic E-state index is 0.0962. The number of ether oxygens (including phenoxy) is 1. The number of carbonyl (C=O) groups excluding carboxylic acids is 2. The van der Waals surface area contributed by atoms with Gasteiger partial charge in [0.1, 0.15) is 0 Å². The predicted molar refractivity (Wildman–Crippen MR) is 89.3 cm³/mol. The molecular formula is C19H19NO3. The van der Waals surface area contributed by atoms with Gasteiger partial charge < -0.3 is 10.1 Å². The number of nitrogens with one attached hydrogen (secondary N) is 1. The van der Waals surface area contributed by atoms with Crippen LogP contribution in [0.2, 0.25) is 0 Å². The summed E-state index contributed by atoms with van der Waals surface area (Å²) in [5.74, 6) is -0.200. The van der Waals surface area contributed by atoms with Gasteiger partial charge in [0.05, 0.1) is 12.2 Å². The van der Waals surface area contributed by atoms with Crippen molar-refractivity contribution in [1.29, 1.82) is 0 Å². The van der Waals surface area contributed by atoms with Gasteiger partial charge in [0, 0.05) is 35.5 Å². The summed E-state index contributed by atoms with van der Waals surface area (Å²) in [7, 11) is 0. The molecule has 0 atom stereocenters. The van der Waals surface area contributed by atoms with E-state index in [-0.39, 0.29) is 11.6 Å². The molecular weight excluding hydrogens is 290 g/mol. The molecule has 0 fully saturated rings. The lowest BCUT2D eigenvalue weighted by atomic mass is 9.83. The summed E-state index contributed by atoms with van der Waals surface area (Å²) >= 11 is 0. The largest absolute Gasteiger partial charge is 0.382 e.